The first-order chi connectivity index (χ1) is 8.52. The number of hydrogen-bond acceptors (Lipinski definition) is 3. The lowest BCUT2D eigenvalue weighted by Crippen LogP contribution is -1.97. The highest BCUT2D eigenvalue weighted by Gasteiger charge is 2.12. The fourth-order valence-electron chi connectivity index (χ4n) is 1.47. The second-order valence-corrected chi connectivity index (χ2v) is 5.18. The Morgan fingerprint density at radius 3 is 2.61 bits per heavy atom. The molecule has 0 saturated carbocycles. The van der Waals surface area contributed by atoms with Gasteiger partial charge in [0.2, 0.25) is 0 Å². The summed E-state index contributed by atoms with van der Waals surface area (Å²) in [6.45, 7) is 1.98. The molecule has 0 atom stereocenters. The van der Waals surface area contributed by atoms with Crippen molar-refractivity contribution in [1.82, 2.24) is 9.97 Å². The first-order valence-electron chi connectivity index (χ1n) is 5.23. The van der Waals surface area contributed by atoms with Gasteiger partial charge in [-0.25, -0.2) is 9.97 Å². The minimum Gasteiger partial charge on any atom is -0.506 e. The van der Waals surface area contributed by atoms with Gasteiger partial charge in [0.05, 0.1) is 15.2 Å². The van der Waals surface area contributed by atoms with Crippen molar-refractivity contribution in [3.63, 3.8) is 0 Å². The number of phenols is 1. The van der Waals surface area contributed by atoms with Crippen molar-refractivity contribution in [3.05, 3.63) is 38.5 Å². The van der Waals surface area contributed by atoms with Crippen LogP contribution in [0.5, 0.6) is 5.75 Å². The topological polar surface area (TPSA) is 46.0 Å². The Morgan fingerprint density at radius 2 is 2.00 bits per heavy atom. The zero-order valence-corrected chi connectivity index (χ0v) is 12.5. The summed E-state index contributed by atoms with van der Waals surface area (Å²) in [5, 5.41) is 10.0. The molecule has 0 bridgehead atoms. The number of phenolic OH excluding ortho intramolecular Hbond substituents is 1. The van der Waals surface area contributed by atoms with Crippen molar-refractivity contribution in [2.24, 2.45) is 0 Å². The molecule has 0 fully saturated rings. The molecule has 0 spiro atoms. The predicted octanol–water partition coefficient (Wildman–Crippen LogP) is 4.48. The molecule has 0 amide bonds. The van der Waals surface area contributed by atoms with Crippen LogP contribution in [0.1, 0.15) is 12.6 Å². The minimum atomic E-state index is 0.0272. The average Bonchev–Trinajstić information content (AvgIpc) is 2.36. The molecule has 0 saturated heterocycles. The molecule has 0 aliphatic rings. The number of hydrogen-bond donors (Lipinski definition) is 1. The van der Waals surface area contributed by atoms with Crippen molar-refractivity contribution in [1.29, 1.82) is 0 Å². The molecule has 1 aromatic heterocycles. The molecule has 94 valence electrons. The largest absolute Gasteiger partial charge is 0.506 e. The molecule has 6 heteroatoms. The van der Waals surface area contributed by atoms with Gasteiger partial charge in [0.1, 0.15) is 10.9 Å². The van der Waals surface area contributed by atoms with E-state index in [1.807, 2.05) is 6.92 Å². The van der Waals surface area contributed by atoms with Crippen molar-refractivity contribution in [2.75, 3.05) is 0 Å². The summed E-state index contributed by atoms with van der Waals surface area (Å²) in [4.78, 5) is 8.60. The number of aromatic nitrogens is 2. The standard InChI is InChI=1S/C12H9BrCl2N2O/c1-2-8-10(13)11(15)17-12(16-8)6-3-4-9(18)7(14)5-6/h3-5,18H,2H2,1H3. The first kappa shape index (κ1) is 13.6. The lowest BCUT2D eigenvalue weighted by atomic mass is 10.2. The zero-order chi connectivity index (χ0) is 13.3. The number of benzene rings is 1. The maximum atomic E-state index is 9.38. The van der Waals surface area contributed by atoms with Gasteiger partial charge in [0.15, 0.2) is 5.82 Å². The van der Waals surface area contributed by atoms with E-state index in [0.29, 0.717) is 21.0 Å². The SMILES string of the molecule is CCc1nc(-c2ccc(O)c(Cl)c2)nc(Cl)c1Br. The number of aromatic hydroxyl groups is 1. The predicted molar refractivity (Wildman–Crippen MR) is 76.2 cm³/mol. The third kappa shape index (κ3) is 2.60. The Hall–Kier alpha value is -0.840. The van der Waals surface area contributed by atoms with Gasteiger partial charge in [-0.1, -0.05) is 30.1 Å². The van der Waals surface area contributed by atoms with Crippen LogP contribution < -0.4 is 0 Å². The molecule has 0 radical (unpaired) electrons. The number of nitrogens with zero attached hydrogens (tertiary/aromatic N) is 2. The molecule has 1 N–H and O–H groups in total. The Kier molecular flexibility index (Phi) is 4.10. The van der Waals surface area contributed by atoms with Gasteiger partial charge in [-0.3, -0.25) is 0 Å². The van der Waals surface area contributed by atoms with Gasteiger partial charge in [-0.15, -0.1) is 0 Å². The molecule has 0 aliphatic heterocycles. The van der Waals surface area contributed by atoms with Crippen LogP contribution in [0.2, 0.25) is 10.2 Å². The number of halogens is 3. The summed E-state index contributed by atoms with van der Waals surface area (Å²) in [6.07, 6.45) is 0.738. The van der Waals surface area contributed by atoms with E-state index < -0.39 is 0 Å². The molecule has 3 nitrogen and oxygen atoms in total. The molecule has 0 aliphatic carbocycles. The lowest BCUT2D eigenvalue weighted by molar-refractivity contribution is 0.475. The van der Waals surface area contributed by atoms with Crippen LogP contribution in [0, 0.1) is 0 Å². The normalized spacial score (nSPS) is 10.7. The Labute approximate surface area is 123 Å². The summed E-state index contributed by atoms with van der Waals surface area (Å²) in [7, 11) is 0. The fraction of sp³-hybridized carbons (Fsp3) is 0.167. The van der Waals surface area contributed by atoms with Crippen molar-refractivity contribution >= 4 is 39.1 Å². The van der Waals surface area contributed by atoms with Crippen LogP contribution in [0.4, 0.5) is 0 Å². The Morgan fingerprint density at radius 1 is 1.28 bits per heavy atom. The maximum absolute atomic E-state index is 9.38. The summed E-state index contributed by atoms with van der Waals surface area (Å²) >= 11 is 15.2. The summed E-state index contributed by atoms with van der Waals surface area (Å²) in [6, 6.07) is 4.80. The smallest absolute Gasteiger partial charge is 0.161 e. The second kappa shape index (κ2) is 5.43. The van der Waals surface area contributed by atoms with Crippen LogP contribution >= 0.6 is 39.1 Å². The molecule has 2 rings (SSSR count). The zero-order valence-electron chi connectivity index (χ0n) is 9.41. The summed E-state index contributed by atoms with van der Waals surface area (Å²) in [5.41, 5.74) is 1.54. The van der Waals surface area contributed by atoms with Gasteiger partial charge in [0, 0.05) is 5.56 Å². The van der Waals surface area contributed by atoms with Crippen molar-refractivity contribution < 1.29 is 5.11 Å². The Balaban J connectivity index is 2.57. The third-order valence-electron chi connectivity index (χ3n) is 2.42. The van der Waals surface area contributed by atoms with E-state index in [-0.39, 0.29) is 10.8 Å². The molecular formula is C12H9BrCl2N2O. The molecule has 2 aromatic rings. The van der Waals surface area contributed by atoms with Crippen molar-refractivity contribution in [2.45, 2.75) is 13.3 Å². The molecule has 1 heterocycles. The van der Waals surface area contributed by atoms with Gasteiger partial charge in [-0.2, -0.15) is 0 Å². The van der Waals surface area contributed by atoms with Crippen LogP contribution in [-0.2, 0) is 6.42 Å². The highest BCUT2D eigenvalue weighted by Crippen LogP contribution is 2.31. The fourth-order valence-corrected chi connectivity index (χ4v) is 2.30. The minimum absolute atomic E-state index is 0.0272. The van der Waals surface area contributed by atoms with Gasteiger partial charge >= 0.3 is 0 Å². The number of aryl methyl sites for hydroxylation is 1. The van der Waals surface area contributed by atoms with E-state index in [1.54, 1.807) is 12.1 Å². The lowest BCUT2D eigenvalue weighted by Gasteiger charge is -2.07. The first-order valence-corrected chi connectivity index (χ1v) is 6.78. The van der Waals surface area contributed by atoms with E-state index in [2.05, 4.69) is 25.9 Å². The average molecular weight is 348 g/mol. The quantitative estimate of drug-likeness (QED) is 0.814. The molecule has 18 heavy (non-hydrogen) atoms. The highest BCUT2D eigenvalue weighted by atomic mass is 79.9. The molecule has 0 unspecified atom stereocenters. The molecule has 1 aromatic carbocycles. The van der Waals surface area contributed by atoms with E-state index in [4.69, 9.17) is 23.2 Å². The third-order valence-corrected chi connectivity index (χ3v) is 4.06. The van der Waals surface area contributed by atoms with E-state index in [9.17, 15) is 5.11 Å². The van der Waals surface area contributed by atoms with Crippen LogP contribution in [0.15, 0.2) is 22.7 Å². The second-order valence-electron chi connectivity index (χ2n) is 3.62. The van der Waals surface area contributed by atoms with Crippen LogP contribution in [-0.4, -0.2) is 15.1 Å². The highest BCUT2D eigenvalue weighted by molar-refractivity contribution is 9.10. The van der Waals surface area contributed by atoms with Gasteiger partial charge in [0.25, 0.3) is 0 Å². The van der Waals surface area contributed by atoms with Crippen molar-refractivity contribution in [3.8, 4) is 17.1 Å². The molecular weight excluding hydrogens is 339 g/mol. The van der Waals surface area contributed by atoms with Gasteiger partial charge < -0.3 is 5.11 Å². The van der Waals surface area contributed by atoms with E-state index >= 15 is 0 Å². The van der Waals surface area contributed by atoms with Crippen LogP contribution in [0.3, 0.4) is 0 Å². The summed E-state index contributed by atoms with van der Waals surface area (Å²) < 4.78 is 0.709. The van der Waals surface area contributed by atoms with Crippen LogP contribution in [0.25, 0.3) is 11.4 Å². The summed E-state index contributed by atoms with van der Waals surface area (Å²) in [5.74, 6) is 0.515. The van der Waals surface area contributed by atoms with Gasteiger partial charge in [-0.05, 0) is 40.5 Å². The monoisotopic (exact) mass is 346 g/mol. The maximum Gasteiger partial charge on any atom is 0.161 e. The van der Waals surface area contributed by atoms with E-state index in [1.165, 1.54) is 6.07 Å². The number of rotatable bonds is 2. The van der Waals surface area contributed by atoms with E-state index in [0.717, 1.165) is 12.1 Å². The Bertz CT molecular complexity index is 605.